The molecule has 8 nitrogen and oxygen atoms in total. The smallest absolute Gasteiger partial charge is 0.231 e. The van der Waals surface area contributed by atoms with Gasteiger partial charge in [0.05, 0.1) is 5.69 Å². The van der Waals surface area contributed by atoms with E-state index in [4.69, 9.17) is 21.1 Å². The van der Waals surface area contributed by atoms with Gasteiger partial charge in [0.25, 0.3) is 0 Å². The van der Waals surface area contributed by atoms with Gasteiger partial charge in [-0.3, -0.25) is 4.79 Å². The first kappa shape index (κ1) is 16.1. The molecule has 0 bridgehead atoms. The summed E-state index contributed by atoms with van der Waals surface area (Å²) in [5, 5.41) is 15.7. The highest BCUT2D eigenvalue weighted by molar-refractivity contribution is 6.29. The maximum atomic E-state index is 12.4. The van der Waals surface area contributed by atoms with Crippen molar-refractivity contribution in [3.8, 4) is 17.3 Å². The minimum absolute atomic E-state index is 0.0896. The predicted octanol–water partition coefficient (Wildman–Crippen LogP) is 2.83. The lowest BCUT2D eigenvalue weighted by Gasteiger charge is -2.24. The highest BCUT2D eigenvalue weighted by Gasteiger charge is 2.33. The van der Waals surface area contributed by atoms with Crippen LogP contribution >= 0.6 is 11.6 Å². The molecule has 5 rings (SSSR count). The number of halogens is 1. The Morgan fingerprint density at radius 1 is 1.19 bits per heavy atom. The van der Waals surface area contributed by atoms with Gasteiger partial charge in [0.1, 0.15) is 5.82 Å². The third kappa shape index (κ3) is 2.60. The zero-order valence-corrected chi connectivity index (χ0v) is 15.0. The van der Waals surface area contributed by atoms with Crippen molar-refractivity contribution in [1.29, 1.82) is 0 Å². The topological polar surface area (TPSA) is 91.2 Å². The number of aromatic nitrogens is 4. The second-order valence-electron chi connectivity index (χ2n) is 6.39. The van der Waals surface area contributed by atoms with Crippen LogP contribution in [0.2, 0.25) is 5.15 Å². The number of amides is 1. The van der Waals surface area contributed by atoms with E-state index < -0.39 is 0 Å². The number of nitrogens with one attached hydrogen (secondary N) is 1. The summed E-state index contributed by atoms with van der Waals surface area (Å²) in [6.45, 7) is 2.12. The van der Waals surface area contributed by atoms with Crippen LogP contribution in [-0.2, 0) is 4.79 Å². The first-order chi connectivity index (χ1) is 13.1. The number of rotatable bonds is 2. The molecule has 2 aliphatic rings. The van der Waals surface area contributed by atoms with E-state index in [1.165, 1.54) is 0 Å². The molecule has 1 N–H and O–H groups in total. The molecule has 0 fully saturated rings. The largest absolute Gasteiger partial charge is 0.454 e. The summed E-state index contributed by atoms with van der Waals surface area (Å²) in [7, 11) is 0. The normalized spacial score (nSPS) is 17.6. The van der Waals surface area contributed by atoms with Crippen LogP contribution in [0.25, 0.3) is 5.82 Å². The Morgan fingerprint density at radius 3 is 2.85 bits per heavy atom. The van der Waals surface area contributed by atoms with Gasteiger partial charge in [-0.15, -0.1) is 10.2 Å². The number of ether oxygens (including phenoxy) is 2. The van der Waals surface area contributed by atoms with E-state index in [-0.39, 0.29) is 18.6 Å². The predicted molar refractivity (Wildman–Crippen MR) is 96.6 cm³/mol. The standard InChI is InChI=1S/C18H14ClN5O3/c1-9-17-11(10-2-3-12-13(6-10)27-8-26-12)7-16(25)20-18(17)24(23-9)15-5-4-14(19)21-22-15/h2-6,11H,7-8H2,1H3,(H,20,25). The maximum Gasteiger partial charge on any atom is 0.231 e. The fraction of sp³-hybridized carbons (Fsp3) is 0.222. The van der Waals surface area contributed by atoms with E-state index in [2.05, 4.69) is 20.6 Å². The summed E-state index contributed by atoms with van der Waals surface area (Å²) in [4.78, 5) is 12.4. The molecule has 0 spiro atoms. The second kappa shape index (κ2) is 5.95. The zero-order chi connectivity index (χ0) is 18.5. The van der Waals surface area contributed by atoms with Gasteiger partial charge in [-0.1, -0.05) is 17.7 Å². The zero-order valence-electron chi connectivity index (χ0n) is 14.3. The summed E-state index contributed by atoms with van der Waals surface area (Å²) in [6, 6.07) is 9.09. The minimum atomic E-state index is -0.141. The van der Waals surface area contributed by atoms with E-state index in [1.807, 2.05) is 25.1 Å². The van der Waals surface area contributed by atoms with Gasteiger partial charge < -0.3 is 14.8 Å². The van der Waals surface area contributed by atoms with E-state index in [1.54, 1.807) is 16.8 Å². The third-order valence-corrected chi connectivity index (χ3v) is 4.94. The fourth-order valence-corrected chi connectivity index (χ4v) is 3.65. The number of benzene rings is 1. The average molecular weight is 384 g/mol. The molecule has 0 aliphatic carbocycles. The molecule has 136 valence electrons. The molecule has 2 aliphatic heterocycles. The maximum absolute atomic E-state index is 12.4. The molecule has 0 radical (unpaired) electrons. The Labute approximate surface area is 159 Å². The molecule has 4 heterocycles. The van der Waals surface area contributed by atoms with E-state index in [9.17, 15) is 4.79 Å². The lowest BCUT2D eigenvalue weighted by molar-refractivity contribution is -0.116. The van der Waals surface area contributed by atoms with Crippen molar-refractivity contribution in [2.45, 2.75) is 19.3 Å². The summed E-state index contributed by atoms with van der Waals surface area (Å²) in [5.74, 6) is 2.25. The number of carbonyl (C=O) groups excluding carboxylic acids is 1. The number of carbonyl (C=O) groups is 1. The second-order valence-corrected chi connectivity index (χ2v) is 6.78. The van der Waals surface area contributed by atoms with Crippen molar-refractivity contribution < 1.29 is 14.3 Å². The molecule has 9 heteroatoms. The molecular formula is C18H14ClN5O3. The Bertz CT molecular complexity index is 1060. The summed E-state index contributed by atoms with van der Waals surface area (Å²) >= 11 is 5.83. The van der Waals surface area contributed by atoms with Gasteiger partial charge in [0.15, 0.2) is 22.5 Å². The van der Waals surface area contributed by atoms with Crippen LogP contribution in [0.4, 0.5) is 5.82 Å². The Hall–Kier alpha value is -3.13. The molecule has 0 saturated heterocycles. The minimum Gasteiger partial charge on any atom is -0.454 e. The van der Waals surface area contributed by atoms with Crippen LogP contribution in [-0.4, -0.2) is 32.7 Å². The molecule has 3 aromatic rings. The van der Waals surface area contributed by atoms with Gasteiger partial charge in [-0.2, -0.15) is 9.78 Å². The molecule has 1 atom stereocenters. The van der Waals surface area contributed by atoms with E-state index in [0.29, 0.717) is 34.7 Å². The SMILES string of the molecule is Cc1nn(-c2ccc(Cl)nn2)c2c1C(c1ccc3c(c1)OCO3)CC(=O)N2. The summed E-state index contributed by atoms with van der Waals surface area (Å²) < 4.78 is 12.5. The van der Waals surface area contributed by atoms with Crippen molar-refractivity contribution in [3.63, 3.8) is 0 Å². The lowest BCUT2D eigenvalue weighted by Crippen LogP contribution is -2.25. The van der Waals surface area contributed by atoms with Gasteiger partial charge in [-0.25, -0.2) is 0 Å². The average Bonchev–Trinajstić information content (AvgIpc) is 3.26. The van der Waals surface area contributed by atoms with Crippen LogP contribution < -0.4 is 14.8 Å². The molecule has 1 amide bonds. The monoisotopic (exact) mass is 383 g/mol. The van der Waals surface area contributed by atoms with E-state index >= 15 is 0 Å². The molecule has 27 heavy (non-hydrogen) atoms. The number of hydrogen-bond donors (Lipinski definition) is 1. The number of fused-ring (bicyclic) bond motifs is 2. The highest BCUT2D eigenvalue weighted by Crippen LogP contribution is 2.43. The Kier molecular flexibility index (Phi) is 3.54. The van der Waals surface area contributed by atoms with Crippen molar-refractivity contribution >= 4 is 23.3 Å². The Morgan fingerprint density at radius 2 is 2.04 bits per heavy atom. The first-order valence-electron chi connectivity index (χ1n) is 8.38. The number of hydrogen-bond acceptors (Lipinski definition) is 6. The van der Waals surface area contributed by atoms with Crippen molar-refractivity contribution in [2.24, 2.45) is 0 Å². The van der Waals surface area contributed by atoms with Gasteiger partial charge >= 0.3 is 0 Å². The first-order valence-corrected chi connectivity index (χ1v) is 8.76. The van der Waals surface area contributed by atoms with Gasteiger partial charge in [0.2, 0.25) is 12.7 Å². The van der Waals surface area contributed by atoms with Crippen LogP contribution in [0.5, 0.6) is 11.5 Å². The molecule has 0 saturated carbocycles. The van der Waals surface area contributed by atoms with Gasteiger partial charge in [-0.05, 0) is 36.8 Å². The Balaban J connectivity index is 1.63. The number of nitrogens with zero attached hydrogens (tertiary/aromatic N) is 4. The lowest BCUT2D eigenvalue weighted by atomic mass is 9.85. The van der Waals surface area contributed by atoms with E-state index in [0.717, 1.165) is 16.8 Å². The number of anilines is 1. The van der Waals surface area contributed by atoms with Crippen LogP contribution in [0, 0.1) is 6.92 Å². The number of aryl methyl sites for hydroxylation is 1. The van der Waals surface area contributed by atoms with Crippen molar-refractivity contribution in [1.82, 2.24) is 20.0 Å². The van der Waals surface area contributed by atoms with Crippen molar-refractivity contribution in [2.75, 3.05) is 12.1 Å². The summed E-state index contributed by atoms with van der Waals surface area (Å²) in [6.07, 6.45) is 0.325. The molecule has 1 unspecified atom stereocenters. The quantitative estimate of drug-likeness (QED) is 0.731. The third-order valence-electron chi connectivity index (χ3n) is 4.74. The van der Waals surface area contributed by atoms with Crippen molar-refractivity contribution in [3.05, 3.63) is 52.3 Å². The van der Waals surface area contributed by atoms with Crippen LogP contribution in [0.3, 0.4) is 0 Å². The van der Waals surface area contributed by atoms with Gasteiger partial charge in [0, 0.05) is 17.9 Å². The fourth-order valence-electron chi connectivity index (χ4n) is 3.55. The molecular weight excluding hydrogens is 370 g/mol. The molecule has 2 aromatic heterocycles. The highest BCUT2D eigenvalue weighted by atomic mass is 35.5. The summed E-state index contributed by atoms with van der Waals surface area (Å²) in [5.41, 5.74) is 2.73. The van der Waals surface area contributed by atoms with Crippen LogP contribution in [0.15, 0.2) is 30.3 Å². The molecule has 1 aromatic carbocycles. The van der Waals surface area contributed by atoms with Crippen LogP contribution in [0.1, 0.15) is 29.2 Å².